The number of rotatable bonds is 7. The molecule has 4 N–H and O–H groups in total. The summed E-state index contributed by atoms with van der Waals surface area (Å²) >= 11 is 1.32. The summed E-state index contributed by atoms with van der Waals surface area (Å²) in [4.78, 5) is 23.9. The molecular weight excluding hydrogens is 328 g/mol. The van der Waals surface area contributed by atoms with Crippen LogP contribution in [0.2, 0.25) is 0 Å². The van der Waals surface area contributed by atoms with Crippen LogP contribution in [0.3, 0.4) is 0 Å². The van der Waals surface area contributed by atoms with Gasteiger partial charge in [-0.3, -0.25) is 0 Å². The van der Waals surface area contributed by atoms with Crippen LogP contribution in [0, 0.1) is 0 Å². The Morgan fingerprint density at radius 3 is 2.42 bits per heavy atom. The van der Waals surface area contributed by atoms with Gasteiger partial charge in [0.05, 0.1) is 0 Å². The number of hydrogen-bond acceptors (Lipinski definition) is 5. The molecule has 2 rings (SSSR count). The van der Waals surface area contributed by atoms with E-state index in [4.69, 9.17) is 10.5 Å². The number of alkyl carbamates (subject to hydrolysis) is 1. The van der Waals surface area contributed by atoms with Gasteiger partial charge in [-0.05, 0) is 29.8 Å². The van der Waals surface area contributed by atoms with Crippen LogP contribution >= 0.6 is 11.8 Å². The van der Waals surface area contributed by atoms with Gasteiger partial charge in [0.25, 0.3) is 0 Å². The molecule has 0 radical (unpaired) electrons. The number of nitrogens with two attached hydrogens (primary N) is 1. The Hall–Kier alpha value is -2.67. The smallest absolute Gasteiger partial charge is 0.408 e. The van der Waals surface area contributed by atoms with Gasteiger partial charge in [-0.25, -0.2) is 9.59 Å². The summed E-state index contributed by atoms with van der Waals surface area (Å²) < 4.78 is 5.04. The largest absolute Gasteiger partial charge is 0.480 e. The van der Waals surface area contributed by atoms with Crippen molar-refractivity contribution in [1.29, 1.82) is 0 Å². The van der Waals surface area contributed by atoms with Crippen LogP contribution in [0.5, 0.6) is 0 Å². The Bertz CT molecular complexity index is 677. The van der Waals surface area contributed by atoms with Crippen LogP contribution in [0.4, 0.5) is 10.5 Å². The van der Waals surface area contributed by atoms with Gasteiger partial charge < -0.3 is 20.9 Å². The second-order valence-corrected chi connectivity index (χ2v) is 6.07. The van der Waals surface area contributed by atoms with E-state index in [1.807, 2.05) is 30.3 Å². The molecule has 0 aromatic heterocycles. The number of aliphatic carboxylic acids is 1. The van der Waals surface area contributed by atoms with Crippen molar-refractivity contribution in [3.8, 4) is 0 Å². The van der Waals surface area contributed by atoms with Crippen LogP contribution in [0.25, 0.3) is 0 Å². The fourth-order valence-corrected chi connectivity index (χ4v) is 2.74. The molecule has 1 unspecified atom stereocenters. The zero-order valence-corrected chi connectivity index (χ0v) is 13.7. The third-order valence-corrected chi connectivity index (χ3v) is 4.21. The first kappa shape index (κ1) is 17.7. The number of thioether (sulfide) groups is 1. The molecule has 0 fully saturated rings. The summed E-state index contributed by atoms with van der Waals surface area (Å²) in [5.41, 5.74) is 7.07. The Morgan fingerprint density at radius 1 is 1.12 bits per heavy atom. The predicted octanol–water partition coefficient (Wildman–Crippen LogP) is 2.74. The number of anilines is 1. The summed E-state index contributed by atoms with van der Waals surface area (Å²) in [5, 5.41) is 11.6. The van der Waals surface area contributed by atoms with E-state index in [1.54, 1.807) is 24.3 Å². The maximum absolute atomic E-state index is 11.8. The normalized spacial score (nSPS) is 11.5. The zero-order valence-electron chi connectivity index (χ0n) is 12.8. The third kappa shape index (κ3) is 5.85. The predicted molar refractivity (Wildman–Crippen MR) is 92.8 cm³/mol. The van der Waals surface area contributed by atoms with Crippen LogP contribution in [-0.2, 0) is 16.1 Å². The van der Waals surface area contributed by atoms with E-state index < -0.39 is 18.1 Å². The van der Waals surface area contributed by atoms with Gasteiger partial charge in [0.1, 0.15) is 12.6 Å². The molecule has 0 aliphatic rings. The molecule has 6 nitrogen and oxygen atoms in total. The van der Waals surface area contributed by atoms with Gasteiger partial charge in [0.15, 0.2) is 0 Å². The van der Waals surface area contributed by atoms with E-state index in [0.717, 1.165) is 10.5 Å². The minimum atomic E-state index is -1.12. The highest BCUT2D eigenvalue weighted by atomic mass is 32.2. The Labute approximate surface area is 144 Å². The summed E-state index contributed by atoms with van der Waals surface area (Å²) in [6.07, 6.45) is -0.760. The number of carbonyl (C=O) groups is 2. The number of benzene rings is 2. The summed E-state index contributed by atoms with van der Waals surface area (Å²) in [7, 11) is 0. The highest BCUT2D eigenvalue weighted by molar-refractivity contribution is 7.99. The Balaban J connectivity index is 1.82. The fourth-order valence-electron chi connectivity index (χ4n) is 1.83. The van der Waals surface area contributed by atoms with E-state index in [0.29, 0.717) is 5.69 Å². The molecule has 0 aliphatic carbocycles. The topological polar surface area (TPSA) is 102 Å². The summed E-state index contributed by atoms with van der Waals surface area (Å²) in [6, 6.07) is 15.2. The molecule has 0 heterocycles. The number of ether oxygens (including phenoxy) is 1. The molecule has 1 amide bonds. The van der Waals surface area contributed by atoms with Crippen molar-refractivity contribution in [3.05, 3.63) is 60.2 Å². The fraction of sp³-hybridized carbons (Fsp3) is 0.176. The van der Waals surface area contributed by atoms with Crippen LogP contribution in [0.1, 0.15) is 5.56 Å². The van der Waals surface area contributed by atoms with Crippen molar-refractivity contribution < 1.29 is 19.4 Å². The Morgan fingerprint density at radius 2 is 1.79 bits per heavy atom. The first-order valence-electron chi connectivity index (χ1n) is 7.23. The number of amides is 1. The van der Waals surface area contributed by atoms with Gasteiger partial charge >= 0.3 is 12.1 Å². The third-order valence-electron chi connectivity index (χ3n) is 3.10. The standard InChI is InChI=1S/C17H18N2O4S/c18-13-6-8-14(9-7-13)24-11-15(16(20)21)19-17(22)23-10-12-4-2-1-3-5-12/h1-9,15H,10-11,18H2,(H,19,22)(H,20,21). The molecule has 24 heavy (non-hydrogen) atoms. The average Bonchev–Trinajstić information content (AvgIpc) is 2.59. The lowest BCUT2D eigenvalue weighted by Gasteiger charge is -2.14. The van der Waals surface area contributed by atoms with Crippen molar-refractivity contribution in [2.24, 2.45) is 0 Å². The zero-order chi connectivity index (χ0) is 17.4. The van der Waals surface area contributed by atoms with Crippen molar-refractivity contribution in [1.82, 2.24) is 5.32 Å². The molecule has 2 aromatic rings. The SMILES string of the molecule is Nc1ccc(SCC(NC(=O)OCc2ccccc2)C(=O)O)cc1. The van der Waals surface area contributed by atoms with Gasteiger partial charge in [-0.2, -0.15) is 0 Å². The monoisotopic (exact) mass is 346 g/mol. The first-order valence-corrected chi connectivity index (χ1v) is 8.21. The summed E-state index contributed by atoms with van der Waals surface area (Å²) in [6.45, 7) is 0.0874. The van der Waals surface area contributed by atoms with Gasteiger partial charge in [-0.1, -0.05) is 30.3 Å². The highest BCUT2D eigenvalue weighted by Gasteiger charge is 2.21. The van der Waals surface area contributed by atoms with Crippen LogP contribution < -0.4 is 11.1 Å². The van der Waals surface area contributed by atoms with Gasteiger partial charge in [0.2, 0.25) is 0 Å². The average molecular weight is 346 g/mol. The number of carbonyl (C=O) groups excluding carboxylic acids is 1. The number of carboxylic acid groups (broad SMARTS) is 1. The molecular formula is C17H18N2O4S. The van der Waals surface area contributed by atoms with E-state index >= 15 is 0 Å². The van der Waals surface area contributed by atoms with Crippen molar-refractivity contribution in [2.45, 2.75) is 17.5 Å². The molecule has 0 bridgehead atoms. The van der Waals surface area contributed by atoms with E-state index in [-0.39, 0.29) is 12.4 Å². The van der Waals surface area contributed by atoms with Crippen molar-refractivity contribution in [2.75, 3.05) is 11.5 Å². The van der Waals surface area contributed by atoms with E-state index in [2.05, 4.69) is 5.32 Å². The minimum Gasteiger partial charge on any atom is -0.480 e. The lowest BCUT2D eigenvalue weighted by Crippen LogP contribution is -2.42. The minimum absolute atomic E-state index is 0.0874. The van der Waals surface area contributed by atoms with Crippen molar-refractivity contribution >= 4 is 29.5 Å². The van der Waals surface area contributed by atoms with Crippen LogP contribution in [-0.4, -0.2) is 29.0 Å². The quantitative estimate of drug-likeness (QED) is 0.526. The second-order valence-electron chi connectivity index (χ2n) is 4.98. The van der Waals surface area contributed by atoms with Gasteiger partial charge in [0, 0.05) is 16.3 Å². The number of nitrogen functional groups attached to an aromatic ring is 1. The molecule has 1 atom stereocenters. The molecule has 0 saturated heterocycles. The maximum atomic E-state index is 11.8. The molecule has 2 aromatic carbocycles. The summed E-state index contributed by atoms with van der Waals surface area (Å²) in [5.74, 6) is -0.936. The Kier molecular flexibility index (Phi) is 6.51. The van der Waals surface area contributed by atoms with E-state index in [1.165, 1.54) is 11.8 Å². The number of hydrogen-bond donors (Lipinski definition) is 3. The number of nitrogens with one attached hydrogen (secondary N) is 1. The molecule has 7 heteroatoms. The maximum Gasteiger partial charge on any atom is 0.408 e. The molecule has 0 spiro atoms. The number of carboxylic acids is 1. The second kappa shape index (κ2) is 8.83. The molecule has 126 valence electrons. The first-order chi connectivity index (χ1) is 11.5. The van der Waals surface area contributed by atoms with Gasteiger partial charge in [-0.15, -0.1) is 11.8 Å². The highest BCUT2D eigenvalue weighted by Crippen LogP contribution is 2.20. The molecule has 0 aliphatic heterocycles. The van der Waals surface area contributed by atoms with Crippen LogP contribution in [0.15, 0.2) is 59.5 Å². The van der Waals surface area contributed by atoms with Crippen molar-refractivity contribution in [3.63, 3.8) is 0 Å². The lowest BCUT2D eigenvalue weighted by molar-refractivity contribution is -0.138. The molecule has 0 saturated carbocycles. The lowest BCUT2D eigenvalue weighted by atomic mass is 10.2. The van der Waals surface area contributed by atoms with E-state index in [9.17, 15) is 14.7 Å².